The zero-order valence-corrected chi connectivity index (χ0v) is 11.5. The Morgan fingerprint density at radius 1 is 1.65 bits per heavy atom. The van der Waals surface area contributed by atoms with Crippen molar-refractivity contribution in [2.75, 3.05) is 0 Å². The number of halogens is 1. The van der Waals surface area contributed by atoms with E-state index < -0.39 is 5.97 Å². The van der Waals surface area contributed by atoms with Gasteiger partial charge in [0.2, 0.25) is 0 Å². The van der Waals surface area contributed by atoms with Gasteiger partial charge in [0.15, 0.2) is 11.5 Å². The number of rotatable bonds is 4. The highest BCUT2D eigenvalue weighted by Gasteiger charge is 2.22. The van der Waals surface area contributed by atoms with Crippen LogP contribution < -0.4 is 0 Å². The highest BCUT2D eigenvalue weighted by atomic mass is 79.9. The second-order valence-corrected chi connectivity index (χ2v) is 5.38. The summed E-state index contributed by atoms with van der Waals surface area (Å²) >= 11 is 4.70. The molecule has 2 heterocycles. The minimum atomic E-state index is -1.03. The molecule has 1 N–H and O–H groups in total. The Morgan fingerprint density at radius 2 is 2.41 bits per heavy atom. The van der Waals surface area contributed by atoms with E-state index in [1.54, 1.807) is 6.07 Å². The monoisotopic (exact) mass is 315 g/mol. The molecule has 0 aromatic carbocycles. The van der Waals surface area contributed by atoms with Crippen molar-refractivity contribution >= 4 is 33.2 Å². The van der Waals surface area contributed by atoms with E-state index in [9.17, 15) is 4.79 Å². The van der Waals surface area contributed by atoms with Crippen molar-refractivity contribution in [2.24, 2.45) is 0 Å². The van der Waals surface area contributed by atoms with Crippen LogP contribution in [0.25, 0.3) is 10.6 Å². The first-order valence-electron chi connectivity index (χ1n) is 5.09. The lowest BCUT2D eigenvalue weighted by Crippen LogP contribution is -1.99. The molecular formula is C11H10BrNO3S. The summed E-state index contributed by atoms with van der Waals surface area (Å²) in [5, 5.41) is 9.95. The molecule has 2 aromatic rings. The molecule has 0 atom stereocenters. The predicted octanol–water partition coefficient (Wildman–Crippen LogP) is 3.82. The Balaban J connectivity index is 2.52. The Labute approximate surface area is 110 Å². The fourth-order valence-electron chi connectivity index (χ4n) is 1.44. The van der Waals surface area contributed by atoms with Gasteiger partial charge in [0.1, 0.15) is 4.88 Å². The van der Waals surface area contributed by atoms with Crippen molar-refractivity contribution in [3.8, 4) is 10.6 Å². The van der Waals surface area contributed by atoms with E-state index in [1.807, 2.05) is 6.92 Å². The normalized spacial score (nSPS) is 10.7. The van der Waals surface area contributed by atoms with Gasteiger partial charge in [0.25, 0.3) is 0 Å². The molecule has 0 saturated carbocycles. The maximum Gasteiger partial charge on any atom is 0.356 e. The van der Waals surface area contributed by atoms with Crippen LogP contribution >= 0.6 is 27.3 Å². The molecule has 4 nitrogen and oxygen atoms in total. The number of aromatic nitrogens is 1. The summed E-state index contributed by atoms with van der Waals surface area (Å²) in [4.78, 5) is 15.8. The van der Waals surface area contributed by atoms with E-state index in [4.69, 9.17) is 9.52 Å². The molecule has 0 aliphatic heterocycles. The predicted molar refractivity (Wildman–Crippen MR) is 68.5 cm³/mol. The van der Waals surface area contributed by atoms with Gasteiger partial charge >= 0.3 is 5.97 Å². The topological polar surface area (TPSA) is 63.3 Å². The lowest BCUT2D eigenvalue weighted by molar-refractivity contribution is 0.0691. The van der Waals surface area contributed by atoms with Gasteiger partial charge in [-0.05, 0) is 34.8 Å². The number of carboxylic acid groups (broad SMARTS) is 1. The van der Waals surface area contributed by atoms with Gasteiger partial charge in [-0.15, -0.1) is 11.3 Å². The van der Waals surface area contributed by atoms with Gasteiger partial charge in [0.05, 0.1) is 15.7 Å². The van der Waals surface area contributed by atoms with Gasteiger partial charge < -0.3 is 9.52 Å². The van der Waals surface area contributed by atoms with E-state index >= 15 is 0 Å². The Bertz CT molecular complexity index is 547. The molecule has 0 unspecified atom stereocenters. The van der Waals surface area contributed by atoms with Gasteiger partial charge in [-0.3, -0.25) is 0 Å². The third-order valence-electron chi connectivity index (χ3n) is 2.16. The summed E-state index contributed by atoms with van der Waals surface area (Å²) in [6, 6.07) is 1.74. The van der Waals surface area contributed by atoms with Crippen molar-refractivity contribution in [1.82, 2.24) is 4.98 Å². The summed E-state index contributed by atoms with van der Waals surface area (Å²) < 4.78 is 6.04. The maximum atomic E-state index is 11.1. The molecule has 0 radical (unpaired) electrons. The average molecular weight is 316 g/mol. The molecule has 0 amide bonds. The Hall–Kier alpha value is -1.14. The minimum absolute atomic E-state index is 0.0640. The SMILES string of the molecule is CCCc1nc(C(=O)O)c(-c2occc2Br)s1. The second kappa shape index (κ2) is 5.01. The zero-order chi connectivity index (χ0) is 12.4. The molecule has 17 heavy (non-hydrogen) atoms. The van der Waals surface area contributed by atoms with Crippen LogP contribution in [-0.4, -0.2) is 16.1 Å². The quantitative estimate of drug-likeness (QED) is 0.931. The molecule has 0 aliphatic rings. The fraction of sp³-hybridized carbons (Fsp3) is 0.273. The number of carboxylic acids is 1. The van der Waals surface area contributed by atoms with E-state index in [-0.39, 0.29) is 5.69 Å². The van der Waals surface area contributed by atoms with Crippen molar-refractivity contribution < 1.29 is 14.3 Å². The maximum absolute atomic E-state index is 11.1. The van der Waals surface area contributed by atoms with Crippen LogP contribution in [0.1, 0.15) is 28.8 Å². The zero-order valence-electron chi connectivity index (χ0n) is 9.07. The number of furan rings is 1. The number of aryl methyl sites for hydroxylation is 1. The molecule has 2 rings (SSSR count). The van der Waals surface area contributed by atoms with Crippen molar-refractivity contribution in [3.63, 3.8) is 0 Å². The summed E-state index contributed by atoms with van der Waals surface area (Å²) in [5.41, 5.74) is 0.0640. The average Bonchev–Trinajstić information content (AvgIpc) is 2.84. The largest absolute Gasteiger partial charge is 0.476 e. The summed E-state index contributed by atoms with van der Waals surface area (Å²) in [6.45, 7) is 2.03. The fourth-order valence-corrected chi connectivity index (χ4v) is 3.13. The number of carbonyl (C=O) groups is 1. The Kier molecular flexibility index (Phi) is 3.63. The molecule has 0 bridgehead atoms. The lowest BCUT2D eigenvalue weighted by atomic mass is 10.3. The van der Waals surface area contributed by atoms with E-state index in [1.165, 1.54) is 17.6 Å². The van der Waals surface area contributed by atoms with Crippen LogP contribution in [0.2, 0.25) is 0 Å². The van der Waals surface area contributed by atoms with Crippen molar-refractivity contribution in [3.05, 3.63) is 27.5 Å². The second-order valence-electron chi connectivity index (χ2n) is 3.44. The molecule has 2 aromatic heterocycles. The van der Waals surface area contributed by atoms with Gasteiger partial charge in [-0.2, -0.15) is 0 Å². The smallest absolute Gasteiger partial charge is 0.356 e. The first-order chi connectivity index (χ1) is 8.13. The number of hydrogen-bond donors (Lipinski definition) is 1. The van der Waals surface area contributed by atoms with E-state index in [0.717, 1.165) is 22.3 Å². The number of aromatic carboxylic acids is 1. The van der Waals surface area contributed by atoms with Crippen LogP contribution in [0.4, 0.5) is 0 Å². The van der Waals surface area contributed by atoms with Crippen molar-refractivity contribution in [1.29, 1.82) is 0 Å². The minimum Gasteiger partial charge on any atom is -0.476 e. The molecule has 0 spiro atoms. The molecule has 90 valence electrons. The summed E-state index contributed by atoms with van der Waals surface area (Å²) in [5.74, 6) is -0.496. The Morgan fingerprint density at radius 3 is 2.94 bits per heavy atom. The lowest BCUT2D eigenvalue weighted by Gasteiger charge is -1.94. The molecule has 0 fully saturated rings. The first kappa shape index (κ1) is 12.3. The standard InChI is InChI=1S/C11H10BrNO3S/c1-2-3-7-13-8(11(14)15)10(17-7)9-6(12)4-5-16-9/h4-5H,2-3H2,1H3,(H,14,15). The van der Waals surface area contributed by atoms with Gasteiger partial charge in [-0.1, -0.05) is 6.92 Å². The molecular weight excluding hydrogens is 306 g/mol. The van der Waals surface area contributed by atoms with Gasteiger partial charge in [-0.25, -0.2) is 9.78 Å². The van der Waals surface area contributed by atoms with Crippen LogP contribution in [-0.2, 0) is 6.42 Å². The van der Waals surface area contributed by atoms with E-state index in [2.05, 4.69) is 20.9 Å². The van der Waals surface area contributed by atoms with E-state index in [0.29, 0.717) is 10.6 Å². The number of thiazole rings is 1. The number of hydrogen-bond acceptors (Lipinski definition) is 4. The number of nitrogens with zero attached hydrogens (tertiary/aromatic N) is 1. The first-order valence-corrected chi connectivity index (χ1v) is 6.70. The molecule has 0 aliphatic carbocycles. The van der Waals surface area contributed by atoms with Crippen LogP contribution in [0.15, 0.2) is 21.2 Å². The van der Waals surface area contributed by atoms with Crippen LogP contribution in [0.3, 0.4) is 0 Å². The highest BCUT2D eigenvalue weighted by molar-refractivity contribution is 9.10. The molecule has 6 heteroatoms. The summed E-state index contributed by atoms with van der Waals surface area (Å²) in [6.07, 6.45) is 3.23. The summed E-state index contributed by atoms with van der Waals surface area (Å²) in [7, 11) is 0. The highest BCUT2D eigenvalue weighted by Crippen LogP contribution is 2.36. The third kappa shape index (κ3) is 2.42. The molecule has 0 saturated heterocycles. The van der Waals surface area contributed by atoms with Crippen LogP contribution in [0, 0.1) is 0 Å². The van der Waals surface area contributed by atoms with Crippen LogP contribution in [0.5, 0.6) is 0 Å². The van der Waals surface area contributed by atoms with Crippen molar-refractivity contribution in [2.45, 2.75) is 19.8 Å². The third-order valence-corrected chi connectivity index (χ3v) is 3.90. The van der Waals surface area contributed by atoms with Gasteiger partial charge in [0, 0.05) is 0 Å².